The van der Waals surface area contributed by atoms with E-state index in [1.165, 1.54) is 0 Å². The average Bonchev–Trinajstić information content (AvgIpc) is 2.61. The van der Waals surface area contributed by atoms with Crippen molar-refractivity contribution < 1.29 is 19.1 Å². The summed E-state index contributed by atoms with van der Waals surface area (Å²) in [4.78, 5) is 27.3. The van der Waals surface area contributed by atoms with E-state index in [9.17, 15) is 9.59 Å². The number of piperidine rings is 1. The Balaban J connectivity index is 2.00. The number of hydrogen-bond donors (Lipinski definition) is 2. The van der Waals surface area contributed by atoms with Crippen molar-refractivity contribution in [3.05, 3.63) is 23.8 Å². The second-order valence-corrected chi connectivity index (χ2v) is 9.09. The third-order valence-corrected chi connectivity index (χ3v) is 5.44. The quantitative estimate of drug-likeness (QED) is 0.663. The maximum Gasteiger partial charge on any atom is 0.312 e. The fraction of sp³-hybridized carbons (Fsp3) is 0.652. The first-order valence-corrected chi connectivity index (χ1v) is 10.8. The smallest absolute Gasteiger partial charge is 0.312 e. The first kappa shape index (κ1) is 24.0. The van der Waals surface area contributed by atoms with Gasteiger partial charge in [-0.05, 0) is 78.5 Å². The highest BCUT2D eigenvalue weighted by Gasteiger charge is 2.48. The molecule has 1 aromatic rings. The number of amides is 2. The standard InChI is InChI=1S/C23H37N3O4/c1-7-29-18-10-9-16(13-19(18)30-8-2)11-12-25-20(27)21(28)26-22(3,4)14-17(24)15-23(26,5)6/h9-10,13,17H,7-8,11-12,14-15,24H2,1-6H3,(H,25,27). The van der Waals surface area contributed by atoms with E-state index in [1.807, 2.05) is 59.7 Å². The number of ether oxygens (including phenoxy) is 2. The number of nitrogens with zero attached hydrogens (tertiary/aromatic N) is 1. The van der Waals surface area contributed by atoms with E-state index in [1.54, 1.807) is 4.90 Å². The molecule has 0 aromatic heterocycles. The normalized spacial score (nSPS) is 18.0. The van der Waals surface area contributed by atoms with E-state index < -0.39 is 22.9 Å². The Morgan fingerprint density at radius 1 is 1.07 bits per heavy atom. The van der Waals surface area contributed by atoms with Crippen molar-refractivity contribution >= 4 is 11.8 Å². The lowest BCUT2D eigenvalue weighted by Crippen LogP contribution is -2.67. The monoisotopic (exact) mass is 419 g/mol. The third kappa shape index (κ3) is 5.65. The number of hydrogen-bond acceptors (Lipinski definition) is 5. The molecule has 0 saturated carbocycles. The highest BCUT2D eigenvalue weighted by molar-refractivity contribution is 6.35. The fourth-order valence-electron chi connectivity index (χ4n) is 4.66. The number of likely N-dealkylation sites (tertiary alicyclic amines) is 1. The van der Waals surface area contributed by atoms with Gasteiger partial charge in [0, 0.05) is 23.7 Å². The molecule has 7 nitrogen and oxygen atoms in total. The zero-order valence-corrected chi connectivity index (χ0v) is 19.2. The largest absolute Gasteiger partial charge is 0.490 e. The van der Waals surface area contributed by atoms with Crippen molar-refractivity contribution in [2.75, 3.05) is 19.8 Å². The molecule has 0 bridgehead atoms. The van der Waals surface area contributed by atoms with Gasteiger partial charge in [0.1, 0.15) is 0 Å². The molecular formula is C23H37N3O4. The minimum atomic E-state index is -0.581. The molecule has 1 aromatic carbocycles. The van der Waals surface area contributed by atoms with Crippen molar-refractivity contribution in [1.82, 2.24) is 10.2 Å². The Morgan fingerprint density at radius 3 is 2.20 bits per heavy atom. The van der Waals surface area contributed by atoms with Crippen molar-refractivity contribution in [2.24, 2.45) is 5.73 Å². The van der Waals surface area contributed by atoms with E-state index in [-0.39, 0.29) is 6.04 Å². The van der Waals surface area contributed by atoms with Gasteiger partial charge in [0.05, 0.1) is 13.2 Å². The third-order valence-electron chi connectivity index (χ3n) is 5.44. The van der Waals surface area contributed by atoms with Crippen LogP contribution in [0.4, 0.5) is 0 Å². The van der Waals surface area contributed by atoms with Gasteiger partial charge in [-0.1, -0.05) is 6.07 Å². The highest BCUT2D eigenvalue weighted by Crippen LogP contribution is 2.37. The molecule has 30 heavy (non-hydrogen) atoms. The highest BCUT2D eigenvalue weighted by atomic mass is 16.5. The summed E-state index contributed by atoms with van der Waals surface area (Å²) in [5, 5.41) is 2.77. The molecule has 0 aliphatic carbocycles. The van der Waals surface area contributed by atoms with Gasteiger partial charge in [-0.3, -0.25) is 9.59 Å². The molecule has 0 radical (unpaired) electrons. The van der Waals surface area contributed by atoms with Gasteiger partial charge in [0.15, 0.2) is 11.5 Å². The van der Waals surface area contributed by atoms with Gasteiger partial charge in [0.25, 0.3) is 0 Å². The van der Waals surface area contributed by atoms with E-state index in [0.717, 1.165) is 5.56 Å². The summed E-state index contributed by atoms with van der Waals surface area (Å²) in [5.41, 5.74) is 6.22. The molecule has 7 heteroatoms. The van der Waals surface area contributed by atoms with E-state index in [0.29, 0.717) is 50.5 Å². The van der Waals surface area contributed by atoms with Crippen LogP contribution in [0.3, 0.4) is 0 Å². The maximum atomic E-state index is 13.0. The zero-order valence-electron chi connectivity index (χ0n) is 19.2. The first-order valence-electron chi connectivity index (χ1n) is 10.8. The summed E-state index contributed by atoms with van der Waals surface area (Å²) in [6, 6.07) is 5.75. The maximum absolute atomic E-state index is 13.0. The molecule has 1 fully saturated rings. The molecule has 1 heterocycles. The van der Waals surface area contributed by atoms with Crippen molar-refractivity contribution in [3.63, 3.8) is 0 Å². The number of carbonyl (C=O) groups excluding carboxylic acids is 2. The molecule has 3 N–H and O–H groups in total. The Hall–Kier alpha value is -2.28. The minimum Gasteiger partial charge on any atom is -0.490 e. The summed E-state index contributed by atoms with van der Waals surface area (Å²) in [5.74, 6) is 0.309. The van der Waals surface area contributed by atoms with E-state index in [4.69, 9.17) is 15.2 Å². The average molecular weight is 420 g/mol. The number of nitrogens with one attached hydrogen (secondary N) is 1. The van der Waals surface area contributed by atoms with E-state index >= 15 is 0 Å². The molecular weight excluding hydrogens is 382 g/mol. The lowest BCUT2D eigenvalue weighted by molar-refractivity contribution is -0.159. The minimum absolute atomic E-state index is 0.0151. The number of benzene rings is 1. The van der Waals surface area contributed by atoms with Crippen LogP contribution in [0, 0.1) is 0 Å². The second kappa shape index (κ2) is 9.69. The lowest BCUT2D eigenvalue weighted by atomic mass is 9.77. The topological polar surface area (TPSA) is 93.9 Å². The van der Waals surface area contributed by atoms with Crippen LogP contribution in [0.5, 0.6) is 11.5 Å². The number of rotatable bonds is 7. The predicted molar refractivity (Wildman–Crippen MR) is 118 cm³/mol. The van der Waals surface area contributed by atoms with Gasteiger partial charge in [-0.2, -0.15) is 0 Å². The Morgan fingerprint density at radius 2 is 1.63 bits per heavy atom. The summed E-state index contributed by atoms with van der Waals surface area (Å²) in [6.07, 6.45) is 1.92. The SMILES string of the molecule is CCOc1ccc(CCNC(=O)C(=O)N2C(C)(C)CC(N)CC2(C)C)cc1OCC. The number of carbonyl (C=O) groups is 2. The predicted octanol–water partition coefficient (Wildman–Crippen LogP) is 2.65. The van der Waals surface area contributed by atoms with Crippen molar-refractivity contribution in [1.29, 1.82) is 0 Å². The molecule has 2 amide bonds. The molecule has 0 unspecified atom stereocenters. The molecule has 1 saturated heterocycles. The van der Waals surface area contributed by atoms with E-state index in [2.05, 4.69) is 5.32 Å². The summed E-state index contributed by atoms with van der Waals surface area (Å²) in [6.45, 7) is 13.2. The van der Waals surface area contributed by atoms with Crippen LogP contribution in [0.15, 0.2) is 18.2 Å². The van der Waals surface area contributed by atoms with Gasteiger partial charge < -0.3 is 25.4 Å². The summed E-state index contributed by atoms with van der Waals surface area (Å²) in [7, 11) is 0. The van der Waals surface area contributed by atoms with Crippen LogP contribution in [0.25, 0.3) is 0 Å². The van der Waals surface area contributed by atoms with Crippen molar-refractivity contribution in [2.45, 2.75) is 77.9 Å². The lowest BCUT2D eigenvalue weighted by Gasteiger charge is -2.54. The van der Waals surface area contributed by atoms with Gasteiger partial charge in [-0.25, -0.2) is 0 Å². The zero-order chi connectivity index (χ0) is 22.5. The summed E-state index contributed by atoms with van der Waals surface area (Å²) < 4.78 is 11.2. The fourth-order valence-corrected chi connectivity index (χ4v) is 4.66. The molecule has 2 rings (SSSR count). The van der Waals surface area contributed by atoms with Gasteiger partial charge >= 0.3 is 11.8 Å². The molecule has 168 valence electrons. The molecule has 1 aliphatic rings. The van der Waals surface area contributed by atoms with Gasteiger partial charge in [-0.15, -0.1) is 0 Å². The van der Waals surface area contributed by atoms with Crippen LogP contribution in [0.1, 0.15) is 59.9 Å². The Bertz CT molecular complexity index is 743. The van der Waals surface area contributed by atoms with Crippen molar-refractivity contribution in [3.8, 4) is 11.5 Å². The Kier molecular flexibility index (Phi) is 7.75. The van der Waals surface area contributed by atoms with Gasteiger partial charge in [0.2, 0.25) is 0 Å². The Labute approximate surface area is 180 Å². The first-order chi connectivity index (χ1) is 14.0. The summed E-state index contributed by atoms with van der Waals surface area (Å²) >= 11 is 0. The van der Waals surface area contributed by atoms with Crippen LogP contribution < -0.4 is 20.5 Å². The second-order valence-electron chi connectivity index (χ2n) is 9.09. The van der Waals surface area contributed by atoms with Crippen LogP contribution in [0.2, 0.25) is 0 Å². The van der Waals surface area contributed by atoms with Crippen LogP contribution >= 0.6 is 0 Å². The van der Waals surface area contributed by atoms with Crippen LogP contribution in [-0.2, 0) is 16.0 Å². The molecule has 0 atom stereocenters. The molecule has 0 spiro atoms. The van der Waals surface area contributed by atoms with Crippen LogP contribution in [-0.4, -0.2) is 53.6 Å². The number of nitrogens with two attached hydrogens (primary N) is 1. The molecule has 1 aliphatic heterocycles.